The first-order valence-electron chi connectivity index (χ1n) is 10.1. The van der Waals surface area contributed by atoms with Crippen LogP contribution in [0.2, 0.25) is 0 Å². The standard InChI is InChI=1S/C23H17FN4O4S/c24-15-9-14(28-23(31)27-13-2-3-13)4-6-18(15)32-19-7-8-25-17-10-20(33-21(17)19)16-5-1-12(11-26-16)22(29)30/h1,4-11,13H,2-3H2,(H,29,30)(H2,27,28,31). The fourth-order valence-electron chi connectivity index (χ4n) is 3.15. The number of nitrogens with zero attached hydrogens (tertiary/aromatic N) is 2. The molecule has 3 N–H and O–H groups in total. The van der Waals surface area contributed by atoms with E-state index in [1.165, 1.54) is 35.7 Å². The van der Waals surface area contributed by atoms with Crippen LogP contribution in [0.4, 0.5) is 14.9 Å². The Morgan fingerprint density at radius 3 is 2.64 bits per heavy atom. The van der Waals surface area contributed by atoms with Crippen molar-refractivity contribution in [1.82, 2.24) is 15.3 Å². The molecule has 1 aliphatic rings. The second-order valence-electron chi connectivity index (χ2n) is 7.49. The Bertz CT molecular complexity index is 1370. The maximum absolute atomic E-state index is 14.7. The van der Waals surface area contributed by atoms with Crippen LogP contribution in [0.25, 0.3) is 20.8 Å². The molecule has 5 rings (SSSR count). The molecule has 0 unspecified atom stereocenters. The van der Waals surface area contributed by atoms with Gasteiger partial charge in [0.15, 0.2) is 11.6 Å². The molecule has 1 fully saturated rings. The molecule has 0 bridgehead atoms. The Morgan fingerprint density at radius 2 is 1.94 bits per heavy atom. The number of carbonyl (C=O) groups excluding carboxylic acids is 1. The number of nitrogens with one attached hydrogen (secondary N) is 2. The number of aromatic nitrogens is 2. The van der Waals surface area contributed by atoms with E-state index in [1.807, 2.05) is 6.07 Å². The summed E-state index contributed by atoms with van der Waals surface area (Å²) < 4.78 is 21.2. The van der Waals surface area contributed by atoms with Crippen molar-refractivity contribution in [1.29, 1.82) is 0 Å². The lowest BCUT2D eigenvalue weighted by Crippen LogP contribution is -2.30. The second-order valence-corrected chi connectivity index (χ2v) is 8.54. The molecule has 4 aromatic rings. The third-order valence-electron chi connectivity index (χ3n) is 4.96. The number of hydrogen-bond acceptors (Lipinski definition) is 6. The van der Waals surface area contributed by atoms with Gasteiger partial charge < -0.3 is 20.5 Å². The number of carbonyl (C=O) groups is 2. The second kappa shape index (κ2) is 8.47. The molecule has 0 atom stereocenters. The highest BCUT2D eigenvalue weighted by atomic mass is 32.1. The number of ether oxygens (including phenoxy) is 1. The third-order valence-corrected chi connectivity index (χ3v) is 6.12. The van der Waals surface area contributed by atoms with Gasteiger partial charge in [-0.2, -0.15) is 0 Å². The van der Waals surface area contributed by atoms with Gasteiger partial charge in [0.25, 0.3) is 0 Å². The van der Waals surface area contributed by atoms with Gasteiger partial charge in [-0.1, -0.05) is 0 Å². The van der Waals surface area contributed by atoms with Crippen LogP contribution in [0, 0.1) is 5.82 Å². The van der Waals surface area contributed by atoms with Crippen molar-refractivity contribution in [3.8, 4) is 22.1 Å². The van der Waals surface area contributed by atoms with Crippen molar-refractivity contribution < 1.29 is 23.8 Å². The summed E-state index contributed by atoms with van der Waals surface area (Å²) in [5.74, 6) is -1.24. The fourth-order valence-corrected chi connectivity index (χ4v) is 4.19. The van der Waals surface area contributed by atoms with Crippen molar-refractivity contribution in [3.63, 3.8) is 0 Å². The molecule has 33 heavy (non-hydrogen) atoms. The first kappa shape index (κ1) is 20.8. The summed E-state index contributed by atoms with van der Waals surface area (Å²) in [7, 11) is 0. The lowest BCUT2D eigenvalue weighted by molar-refractivity contribution is 0.0696. The smallest absolute Gasteiger partial charge is 0.337 e. The van der Waals surface area contributed by atoms with Crippen molar-refractivity contribution in [3.05, 3.63) is 66.2 Å². The average molecular weight is 464 g/mol. The molecule has 1 saturated carbocycles. The van der Waals surface area contributed by atoms with Crippen molar-refractivity contribution in [2.45, 2.75) is 18.9 Å². The first-order chi connectivity index (χ1) is 16.0. The van der Waals surface area contributed by atoms with Gasteiger partial charge in [-0.05, 0) is 43.2 Å². The molecule has 0 spiro atoms. The summed E-state index contributed by atoms with van der Waals surface area (Å²) in [5.41, 5.74) is 1.67. The number of aromatic carboxylic acids is 1. The van der Waals surface area contributed by atoms with E-state index in [2.05, 4.69) is 20.6 Å². The van der Waals surface area contributed by atoms with Crippen LogP contribution in [-0.4, -0.2) is 33.1 Å². The van der Waals surface area contributed by atoms with Gasteiger partial charge in [0.1, 0.15) is 5.75 Å². The minimum absolute atomic E-state index is 0.00883. The average Bonchev–Trinajstić information content (AvgIpc) is 3.49. The lowest BCUT2D eigenvalue weighted by Gasteiger charge is -2.10. The molecule has 10 heteroatoms. The van der Waals surface area contributed by atoms with Crippen LogP contribution < -0.4 is 15.4 Å². The van der Waals surface area contributed by atoms with Gasteiger partial charge in [0.2, 0.25) is 0 Å². The lowest BCUT2D eigenvalue weighted by atomic mass is 10.2. The minimum Gasteiger partial charge on any atom is -0.478 e. The normalized spacial score (nSPS) is 13.0. The maximum atomic E-state index is 14.7. The van der Waals surface area contributed by atoms with Crippen molar-refractivity contribution >= 4 is 39.2 Å². The van der Waals surface area contributed by atoms with Crippen LogP contribution in [0.3, 0.4) is 0 Å². The number of anilines is 1. The number of hydrogen-bond donors (Lipinski definition) is 3. The number of halogens is 1. The predicted molar refractivity (Wildman–Crippen MR) is 121 cm³/mol. The van der Waals surface area contributed by atoms with Crippen molar-refractivity contribution in [2.75, 3.05) is 5.32 Å². The highest BCUT2D eigenvalue weighted by molar-refractivity contribution is 7.22. The number of amides is 2. The summed E-state index contributed by atoms with van der Waals surface area (Å²) in [6, 6.07) is 10.6. The maximum Gasteiger partial charge on any atom is 0.337 e. The van der Waals surface area contributed by atoms with Gasteiger partial charge >= 0.3 is 12.0 Å². The molecular weight excluding hydrogens is 447 g/mol. The van der Waals surface area contributed by atoms with E-state index in [0.717, 1.165) is 17.7 Å². The number of benzene rings is 1. The first-order valence-corrected chi connectivity index (χ1v) is 10.9. The highest BCUT2D eigenvalue weighted by Gasteiger charge is 2.23. The predicted octanol–water partition coefficient (Wildman–Crippen LogP) is 5.27. The summed E-state index contributed by atoms with van der Waals surface area (Å²) in [4.78, 5) is 32.2. The van der Waals surface area contributed by atoms with Crippen LogP contribution >= 0.6 is 11.3 Å². The number of fused-ring (bicyclic) bond motifs is 1. The third kappa shape index (κ3) is 4.60. The monoisotopic (exact) mass is 464 g/mol. The van der Waals surface area contributed by atoms with E-state index in [0.29, 0.717) is 27.3 Å². The van der Waals surface area contributed by atoms with E-state index in [9.17, 15) is 14.0 Å². The van der Waals surface area contributed by atoms with Crippen LogP contribution in [-0.2, 0) is 0 Å². The van der Waals surface area contributed by atoms with Gasteiger partial charge in [-0.25, -0.2) is 14.0 Å². The van der Waals surface area contributed by atoms with E-state index < -0.39 is 11.8 Å². The zero-order chi connectivity index (χ0) is 22.9. The van der Waals surface area contributed by atoms with Gasteiger partial charge in [-0.3, -0.25) is 9.97 Å². The Morgan fingerprint density at radius 1 is 1.09 bits per heavy atom. The number of carboxylic acid groups (broad SMARTS) is 1. The Balaban J connectivity index is 1.37. The topological polar surface area (TPSA) is 113 Å². The van der Waals surface area contributed by atoms with E-state index in [-0.39, 0.29) is 23.4 Å². The Kier molecular flexibility index (Phi) is 5.35. The molecule has 0 saturated heterocycles. The zero-order valence-corrected chi connectivity index (χ0v) is 17.9. The molecule has 3 heterocycles. The van der Waals surface area contributed by atoms with Crippen LogP contribution in [0.1, 0.15) is 23.2 Å². The molecule has 3 aromatic heterocycles. The molecule has 0 aliphatic heterocycles. The molecule has 1 aliphatic carbocycles. The fraction of sp³-hybridized carbons (Fsp3) is 0.130. The molecule has 1 aromatic carbocycles. The van der Waals surface area contributed by atoms with Crippen LogP contribution in [0.15, 0.2) is 54.9 Å². The number of carboxylic acids is 1. The zero-order valence-electron chi connectivity index (χ0n) is 17.0. The summed E-state index contributed by atoms with van der Waals surface area (Å²) >= 11 is 1.35. The quantitative estimate of drug-likeness (QED) is 0.358. The van der Waals surface area contributed by atoms with E-state index in [4.69, 9.17) is 9.84 Å². The summed E-state index contributed by atoms with van der Waals surface area (Å²) in [6.45, 7) is 0. The van der Waals surface area contributed by atoms with E-state index in [1.54, 1.807) is 24.4 Å². The highest BCUT2D eigenvalue weighted by Crippen LogP contribution is 2.39. The largest absolute Gasteiger partial charge is 0.478 e. The van der Waals surface area contributed by atoms with Gasteiger partial charge in [0.05, 0.1) is 26.4 Å². The molecule has 166 valence electrons. The summed E-state index contributed by atoms with van der Waals surface area (Å²) in [6.07, 6.45) is 4.78. The summed E-state index contributed by atoms with van der Waals surface area (Å²) in [5, 5.41) is 14.4. The minimum atomic E-state index is -1.05. The van der Waals surface area contributed by atoms with Gasteiger partial charge in [0, 0.05) is 36.3 Å². The molecule has 8 nitrogen and oxygen atoms in total. The SMILES string of the molecule is O=C(Nc1ccc(Oc2ccnc3cc(-c4ccc(C(=O)O)cn4)sc23)c(F)c1)NC1CC1. The Labute approximate surface area is 191 Å². The molecule has 2 amide bonds. The Hall–Kier alpha value is -4.05. The van der Waals surface area contributed by atoms with E-state index >= 15 is 0 Å². The molecular formula is C23H17FN4O4S. The van der Waals surface area contributed by atoms with Crippen molar-refractivity contribution in [2.24, 2.45) is 0 Å². The number of rotatable bonds is 6. The number of urea groups is 1. The number of pyridine rings is 2. The van der Waals surface area contributed by atoms with Gasteiger partial charge in [-0.15, -0.1) is 11.3 Å². The number of thiophene rings is 1. The van der Waals surface area contributed by atoms with Crippen LogP contribution in [0.5, 0.6) is 11.5 Å². The molecule has 0 radical (unpaired) electrons.